The van der Waals surface area contributed by atoms with E-state index in [1.54, 1.807) is 7.11 Å². The second-order valence-electron chi connectivity index (χ2n) is 8.47. The minimum absolute atomic E-state index is 0.0468. The first-order chi connectivity index (χ1) is 11.5. The molecule has 0 radical (unpaired) electrons. The van der Waals surface area contributed by atoms with Crippen molar-refractivity contribution in [3.8, 4) is 0 Å². The van der Waals surface area contributed by atoms with Crippen LogP contribution in [0.3, 0.4) is 0 Å². The fraction of sp³-hybridized carbons (Fsp3) is 0.700. The molecule has 4 aliphatic carbocycles. The van der Waals surface area contributed by atoms with Crippen molar-refractivity contribution < 1.29 is 19.1 Å². The van der Waals surface area contributed by atoms with Crippen molar-refractivity contribution in [2.45, 2.75) is 51.4 Å². The van der Waals surface area contributed by atoms with E-state index in [1.807, 2.05) is 6.08 Å². The molecule has 5 rings (SSSR count). The van der Waals surface area contributed by atoms with E-state index in [-0.39, 0.29) is 34.9 Å². The molecule has 3 fully saturated rings. The monoisotopic (exact) mass is 328 g/mol. The largest absolute Gasteiger partial charge is 0.355 e. The van der Waals surface area contributed by atoms with Crippen molar-refractivity contribution in [2.75, 3.05) is 7.11 Å². The van der Waals surface area contributed by atoms with Crippen LogP contribution in [0.15, 0.2) is 23.8 Å². The maximum atomic E-state index is 13.0. The summed E-state index contributed by atoms with van der Waals surface area (Å²) in [6, 6.07) is 0. The smallest absolute Gasteiger partial charge is 0.173 e. The lowest BCUT2D eigenvalue weighted by atomic mass is 9.48. The van der Waals surface area contributed by atoms with Gasteiger partial charge in [-0.25, -0.2) is 0 Å². The average molecular weight is 328 g/mol. The Labute approximate surface area is 142 Å². The van der Waals surface area contributed by atoms with Gasteiger partial charge >= 0.3 is 0 Å². The van der Waals surface area contributed by atoms with Gasteiger partial charge in [-0.3, -0.25) is 9.59 Å². The first-order valence-corrected chi connectivity index (χ1v) is 9.17. The summed E-state index contributed by atoms with van der Waals surface area (Å²) in [6.45, 7) is 2.32. The lowest BCUT2D eigenvalue weighted by molar-refractivity contribution is -0.221. The number of hydrogen-bond donors (Lipinski definition) is 0. The average Bonchev–Trinajstić information content (AvgIpc) is 3.01. The van der Waals surface area contributed by atoms with Gasteiger partial charge in [0.1, 0.15) is 6.10 Å². The third-order valence-electron chi connectivity index (χ3n) is 7.77. The number of rotatable bonds is 1. The Hall–Kier alpha value is -1.26. The summed E-state index contributed by atoms with van der Waals surface area (Å²) >= 11 is 0. The molecule has 24 heavy (non-hydrogen) atoms. The predicted octanol–water partition coefficient (Wildman–Crippen LogP) is 2.82. The van der Waals surface area contributed by atoms with E-state index in [0.717, 1.165) is 25.7 Å². The number of Topliss-reactive ketones (excluding diaryl/α,β-unsaturated/α-hetero) is 1. The standard InChI is InChI=1S/C20H24O4/c1-19-7-4-3-5-11(19)9-14(21)16-12(19)6-8-20-13(16)10-15(17(20)22)24-18(20)23-2/h3,5,9,12-13,15-16,18H,4,6-8,10H2,1-2H3/t12-,13-,15?,16+,18?,19-,20+/m0/s1. The molecule has 0 amide bonds. The maximum absolute atomic E-state index is 13.0. The topological polar surface area (TPSA) is 52.6 Å². The second kappa shape index (κ2) is 4.67. The maximum Gasteiger partial charge on any atom is 0.173 e. The van der Waals surface area contributed by atoms with E-state index in [1.165, 1.54) is 5.57 Å². The van der Waals surface area contributed by atoms with Crippen LogP contribution in [-0.4, -0.2) is 31.1 Å². The zero-order valence-electron chi connectivity index (χ0n) is 14.3. The number of hydrogen-bond acceptors (Lipinski definition) is 4. The van der Waals surface area contributed by atoms with Gasteiger partial charge in [-0.05, 0) is 61.0 Å². The van der Waals surface area contributed by atoms with E-state index in [2.05, 4.69) is 19.1 Å². The summed E-state index contributed by atoms with van der Waals surface area (Å²) in [4.78, 5) is 25.9. The Kier molecular flexibility index (Phi) is 2.93. The van der Waals surface area contributed by atoms with Crippen LogP contribution in [0.25, 0.3) is 0 Å². The fourth-order valence-corrected chi connectivity index (χ4v) is 6.62. The quantitative estimate of drug-likeness (QED) is 0.743. The summed E-state index contributed by atoms with van der Waals surface area (Å²) in [5.74, 6) is 0.789. The number of ketones is 2. The summed E-state index contributed by atoms with van der Waals surface area (Å²) in [7, 11) is 1.62. The normalized spacial score (nSPS) is 51.9. The minimum atomic E-state index is -0.581. The van der Waals surface area contributed by atoms with Crippen LogP contribution >= 0.6 is 0 Å². The van der Waals surface area contributed by atoms with Crippen molar-refractivity contribution in [3.63, 3.8) is 0 Å². The van der Waals surface area contributed by atoms with Gasteiger partial charge in [-0.1, -0.05) is 19.1 Å². The van der Waals surface area contributed by atoms with Crippen molar-refractivity contribution in [1.29, 1.82) is 0 Å². The molecule has 0 N–H and O–H groups in total. The molecule has 1 heterocycles. The van der Waals surface area contributed by atoms with Crippen LogP contribution in [0, 0.1) is 28.6 Å². The molecule has 0 aromatic heterocycles. The van der Waals surface area contributed by atoms with E-state index in [4.69, 9.17) is 9.47 Å². The highest BCUT2D eigenvalue weighted by Gasteiger charge is 2.72. The third kappa shape index (κ3) is 1.53. The molecule has 7 atom stereocenters. The van der Waals surface area contributed by atoms with Crippen LogP contribution < -0.4 is 0 Å². The third-order valence-corrected chi connectivity index (χ3v) is 7.77. The van der Waals surface area contributed by atoms with E-state index in [0.29, 0.717) is 12.3 Å². The number of ether oxygens (including phenoxy) is 2. The van der Waals surface area contributed by atoms with Crippen LogP contribution in [-0.2, 0) is 19.1 Å². The highest BCUT2D eigenvalue weighted by molar-refractivity contribution is 5.99. The van der Waals surface area contributed by atoms with E-state index in [9.17, 15) is 9.59 Å². The lowest BCUT2D eigenvalue weighted by Gasteiger charge is -2.55. The van der Waals surface area contributed by atoms with Crippen molar-refractivity contribution in [1.82, 2.24) is 0 Å². The Morgan fingerprint density at radius 1 is 1.25 bits per heavy atom. The van der Waals surface area contributed by atoms with Crippen LogP contribution in [0.2, 0.25) is 0 Å². The molecule has 2 saturated carbocycles. The number of carbonyl (C=O) groups excluding carboxylic acids is 2. The predicted molar refractivity (Wildman–Crippen MR) is 87.0 cm³/mol. The lowest BCUT2D eigenvalue weighted by Crippen LogP contribution is -2.56. The first kappa shape index (κ1) is 15.0. The van der Waals surface area contributed by atoms with Gasteiger partial charge in [0, 0.05) is 13.0 Å². The highest BCUT2D eigenvalue weighted by Crippen LogP contribution is 2.66. The highest BCUT2D eigenvalue weighted by atomic mass is 16.7. The molecule has 5 aliphatic rings. The first-order valence-electron chi connectivity index (χ1n) is 9.17. The van der Waals surface area contributed by atoms with Crippen LogP contribution in [0.1, 0.15) is 39.0 Å². The Morgan fingerprint density at radius 3 is 2.88 bits per heavy atom. The van der Waals surface area contributed by atoms with Gasteiger partial charge in [0.25, 0.3) is 0 Å². The Morgan fingerprint density at radius 2 is 2.08 bits per heavy atom. The zero-order chi connectivity index (χ0) is 16.7. The molecule has 1 aliphatic heterocycles. The number of carbonyl (C=O) groups is 2. The van der Waals surface area contributed by atoms with Gasteiger partial charge < -0.3 is 9.47 Å². The molecular formula is C20H24O4. The van der Waals surface area contributed by atoms with Crippen molar-refractivity contribution in [3.05, 3.63) is 23.8 Å². The Bertz CT molecular complexity index is 692. The summed E-state index contributed by atoms with van der Waals surface area (Å²) in [5, 5.41) is 0. The SMILES string of the molecule is COC1OC2C[C@H]3[C@@H]4C(=O)C=C5C=CCC[C@]5(C)[C@H]4CC[C@@]13C2=O. The summed E-state index contributed by atoms with van der Waals surface area (Å²) in [5.41, 5.74) is 0.691. The fourth-order valence-electron chi connectivity index (χ4n) is 6.62. The number of allylic oxidation sites excluding steroid dienone is 4. The molecule has 0 aromatic carbocycles. The minimum Gasteiger partial charge on any atom is -0.355 e. The number of fused-ring (bicyclic) bond motifs is 5. The summed E-state index contributed by atoms with van der Waals surface area (Å²) in [6.07, 6.45) is 9.95. The molecule has 2 bridgehead atoms. The molecule has 2 unspecified atom stereocenters. The van der Waals surface area contributed by atoms with E-state index < -0.39 is 11.7 Å². The molecule has 1 saturated heterocycles. The van der Waals surface area contributed by atoms with Gasteiger partial charge in [0.05, 0.1) is 5.41 Å². The molecule has 1 spiro atoms. The Balaban J connectivity index is 1.61. The molecule has 128 valence electrons. The second-order valence-corrected chi connectivity index (χ2v) is 8.47. The molecular weight excluding hydrogens is 304 g/mol. The number of methoxy groups -OCH3 is 1. The van der Waals surface area contributed by atoms with Crippen molar-refractivity contribution >= 4 is 11.6 Å². The van der Waals surface area contributed by atoms with Gasteiger partial charge in [0.15, 0.2) is 17.9 Å². The van der Waals surface area contributed by atoms with Crippen molar-refractivity contribution in [2.24, 2.45) is 28.6 Å². The van der Waals surface area contributed by atoms with Gasteiger partial charge in [-0.2, -0.15) is 0 Å². The molecule has 0 aromatic rings. The van der Waals surface area contributed by atoms with Crippen LogP contribution in [0.4, 0.5) is 0 Å². The molecule has 4 heteroatoms. The van der Waals surface area contributed by atoms with E-state index >= 15 is 0 Å². The zero-order valence-corrected chi connectivity index (χ0v) is 14.3. The summed E-state index contributed by atoms with van der Waals surface area (Å²) < 4.78 is 11.4. The van der Waals surface area contributed by atoms with Gasteiger partial charge in [0.2, 0.25) is 0 Å². The van der Waals surface area contributed by atoms with Crippen LogP contribution in [0.5, 0.6) is 0 Å². The molecule has 4 nitrogen and oxygen atoms in total. The van der Waals surface area contributed by atoms with Gasteiger partial charge in [-0.15, -0.1) is 0 Å².